The molecule has 1 heterocycles. The maximum absolute atomic E-state index is 4.65. The second-order valence-electron chi connectivity index (χ2n) is 6.71. The third-order valence-electron chi connectivity index (χ3n) is 5.28. The van der Waals surface area contributed by atoms with E-state index in [0.29, 0.717) is 5.92 Å². The van der Waals surface area contributed by atoms with Gasteiger partial charge in [-0.1, -0.05) is 62.4 Å². The lowest BCUT2D eigenvalue weighted by atomic mass is 9.93. The van der Waals surface area contributed by atoms with Gasteiger partial charge in [0.05, 0.1) is 5.69 Å². The van der Waals surface area contributed by atoms with Crippen molar-refractivity contribution in [3.8, 4) is 11.3 Å². The Bertz CT molecular complexity index is 1030. The van der Waals surface area contributed by atoms with Crippen LogP contribution in [0.5, 0.6) is 0 Å². The first-order valence-corrected chi connectivity index (χ1v) is 9.18. The normalized spacial score (nSPS) is 11.5. The number of rotatable bonds is 4. The molecule has 0 amide bonds. The highest BCUT2D eigenvalue weighted by atomic mass is 14.7. The molecule has 1 aromatic heterocycles. The van der Waals surface area contributed by atoms with Gasteiger partial charge in [0.25, 0.3) is 0 Å². The summed E-state index contributed by atoms with van der Waals surface area (Å²) < 4.78 is 0. The highest BCUT2D eigenvalue weighted by Gasteiger charge is 2.10. The van der Waals surface area contributed by atoms with Gasteiger partial charge in [-0.05, 0) is 64.1 Å². The van der Waals surface area contributed by atoms with Gasteiger partial charge in [-0.15, -0.1) is 0 Å². The molecule has 0 spiro atoms. The zero-order chi connectivity index (χ0) is 17.2. The van der Waals surface area contributed by atoms with Gasteiger partial charge in [0.15, 0.2) is 0 Å². The number of hydrogen-bond acceptors (Lipinski definition) is 1. The van der Waals surface area contributed by atoms with Gasteiger partial charge in [-0.3, -0.25) is 4.98 Å². The fourth-order valence-electron chi connectivity index (χ4n) is 3.78. The molecule has 25 heavy (non-hydrogen) atoms. The molecule has 0 radical (unpaired) electrons. The molecule has 0 aliphatic carbocycles. The van der Waals surface area contributed by atoms with Gasteiger partial charge < -0.3 is 0 Å². The van der Waals surface area contributed by atoms with Gasteiger partial charge in [0, 0.05) is 11.8 Å². The molecular formula is C24H23N. The number of fused-ring (bicyclic) bond motifs is 3. The summed E-state index contributed by atoms with van der Waals surface area (Å²) in [5.41, 5.74) is 3.66. The van der Waals surface area contributed by atoms with Gasteiger partial charge >= 0.3 is 0 Å². The summed E-state index contributed by atoms with van der Waals surface area (Å²) in [6, 6.07) is 24.1. The van der Waals surface area contributed by atoms with Crippen LogP contribution in [0.1, 0.15) is 38.2 Å². The standard InChI is InChI=1S/C24H23N/c1-3-17(4-2)20-13-14-25-24(16-20)21-12-11-19-10-9-18-7-5-6-8-22(18)23(19)15-21/h5-17H,3-4H2,1-2H3. The van der Waals surface area contributed by atoms with Crippen LogP contribution >= 0.6 is 0 Å². The summed E-state index contributed by atoms with van der Waals surface area (Å²) in [5.74, 6) is 0.614. The summed E-state index contributed by atoms with van der Waals surface area (Å²) in [6.07, 6.45) is 4.29. The SMILES string of the molecule is CCC(CC)c1ccnc(-c2ccc3ccc4ccccc4c3c2)c1. The van der Waals surface area contributed by atoms with E-state index < -0.39 is 0 Å². The zero-order valence-electron chi connectivity index (χ0n) is 14.9. The molecule has 4 aromatic rings. The maximum Gasteiger partial charge on any atom is 0.0705 e. The summed E-state index contributed by atoms with van der Waals surface area (Å²) in [4.78, 5) is 4.65. The minimum atomic E-state index is 0.614. The van der Waals surface area contributed by atoms with Crippen molar-refractivity contribution in [2.75, 3.05) is 0 Å². The molecule has 0 bridgehead atoms. The molecule has 0 fully saturated rings. The third kappa shape index (κ3) is 2.91. The second-order valence-corrected chi connectivity index (χ2v) is 6.71. The Morgan fingerprint density at radius 2 is 1.48 bits per heavy atom. The van der Waals surface area contributed by atoms with Crippen molar-refractivity contribution < 1.29 is 0 Å². The molecule has 0 N–H and O–H groups in total. The number of hydrogen-bond donors (Lipinski definition) is 0. The third-order valence-corrected chi connectivity index (χ3v) is 5.28. The van der Waals surface area contributed by atoms with Crippen molar-refractivity contribution in [3.05, 3.63) is 78.5 Å². The fraction of sp³-hybridized carbons (Fsp3) is 0.208. The molecule has 124 valence electrons. The number of nitrogens with zero attached hydrogens (tertiary/aromatic N) is 1. The topological polar surface area (TPSA) is 12.9 Å². The van der Waals surface area contributed by atoms with Gasteiger partial charge in [0.1, 0.15) is 0 Å². The Kier molecular flexibility index (Phi) is 4.23. The number of benzene rings is 3. The molecule has 0 unspecified atom stereocenters. The minimum Gasteiger partial charge on any atom is -0.256 e. The quantitative estimate of drug-likeness (QED) is 0.370. The smallest absolute Gasteiger partial charge is 0.0705 e. The predicted octanol–water partition coefficient (Wildman–Crippen LogP) is 6.96. The van der Waals surface area contributed by atoms with Crippen molar-refractivity contribution in [2.45, 2.75) is 32.6 Å². The first kappa shape index (κ1) is 15.8. The van der Waals surface area contributed by atoms with Crippen LogP contribution in [0.25, 0.3) is 32.8 Å². The van der Waals surface area contributed by atoms with E-state index in [0.717, 1.165) is 5.69 Å². The molecule has 4 rings (SSSR count). The summed E-state index contributed by atoms with van der Waals surface area (Å²) >= 11 is 0. The minimum absolute atomic E-state index is 0.614. The van der Waals surface area contributed by atoms with E-state index in [-0.39, 0.29) is 0 Å². The lowest BCUT2D eigenvalue weighted by molar-refractivity contribution is 0.641. The largest absolute Gasteiger partial charge is 0.256 e. The molecule has 0 saturated heterocycles. The molecule has 1 nitrogen and oxygen atoms in total. The Balaban J connectivity index is 1.87. The van der Waals surface area contributed by atoms with E-state index in [1.807, 2.05) is 6.20 Å². The van der Waals surface area contributed by atoms with Gasteiger partial charge in [-0.2, -0.15) is 0 Å². The molecule has 0 aliphatic heterocycles. The lowest BCUT2D eigenvalue weighted by Gasteiger charge is -2.14. The van der Waals surface area contributed by atoms with Crippen LogP contribution in [0, 0.1) is 0 Å². The summed E-state index contributed by atoms with van der Waals surface area (Å²) in [5, 5.41) is 5.16. The molecular weight excluding hydrogens is 302 g/mol. The Labute approximate surface area is 149 Å². The Hall–Kier alpha value is -2.67. The number of aromatic nitrogens is 1. The average molecular weight is 325 g/mol. The highest BCUT2D eigenvalue weighted by molar-refractivity contribution is 6.08. The highest BCUT2D eigenvalue weighted by Crippen LogP contribution is 2.31. The second kappa shape index (κ2) is 6.68. The fourth-order valence-corrected chi connectivity index (χ4v) is 3.78. The maximum atomic E-state index is 4.65. The van der Waals surface area contributed by atoms with Crippen LogP contribution in [0.15, 0.2) is 72.9 Å². The van der Waals surface area contributed by atoms with Crippen LogP contribution in [-0.4, -0.2) is 4.98 Å². The van der Waals surface area contributed by atoms with Crippen molar-refractivity contribution in [3.63, 3.8) is 0 Å². The van der Waals surface area contributed by atoms with Crippen LogP contribution in [0.2, 0.25) is 0 Å². The van der Waals surface area contributed by atoms with E-state index >= 15 is 0 Å². The summed E-state index contributed by atoms with van der Waals surface area (Å²) in [6.45, 7) is 4.52. The van der Waals surface area contributed by atoms with E-state index in [4.69, 9.17) is 0 Å². The van der Waals surface area contributed by atoms with Crippen LogP contribution < -0.4 is 0 Å². The van der Waals surface area contributed by atoms with Crippen molar-refractivity contribution in [1.82, 2.24) is 4.98 Å². The zero-order valence-corrected chi connectivity index (χ0v) is 14.9. The molecule has 0 saturated carbocycles. The summed E-state index contributed by atoms with van der Waals surface area (Å²) in [7, 11) is 0. The predicted molar refractivity (Wildman–Crippen MR) is 108 cm³/mol. The average Bonchev–Trinajstić information content (AvgIpc) is 2.69. The molecule has 3 aromatic carbocycles. The monoisotopic (exact) mass is 325 g/mol. The van der Waals surface area contributed by atoms with E-state index in [1.165, 1.54) is 45.5 Å². The Morgan fingerprint density at radius 3 is 2.28 bits per heavy atom. The Morgan fingerprint density at radius 1 is 0.760 bits per heavy atom. The molecule has 0 aliphatic rings. The van der Waals surface area contributed by atoms with E-state index in [2.05, 4.69) is 85.6 Å². The van der Waals surface area contributed by atoms with Crippen molar-refractivity contribution >= 4 is 21.5 Å². The van der Waals surface area contributed by atoms with Crippen molar-refractivity contribution in [2.24, 2.45) is 0 Å². The first-order valence-electron chi connectivity index (χ1n) is 9.18. The van der Waals surface area contributed by atoms with Crippen molar-refractivity contribution in [1.29, 1.82) is 0 Å². The molecule has 0 atom stereocenters. The van der Waals surface area contributed by atoms with Gasteiger partial charge in [0.2, 0.25) is 0 Å². The van der Waals surface area contributed by atoms with Crippen LogP contribution in [0.4, 0.5) is 0 Å². The van der Waals surface area contributed by atoms with E-state index in [9.17, 15) is 0 Å². The van der Waals surface area contributed by atoms with Gasteiger partial charge in [-0.25, -0.2) is 0 Å². The number of pyridine rings is 1. The lowest BCUT2D eigenvalue weighted by Crippen LogP contribution is -1.96. The molecule has 1 heteroatoms. The van der Waals surface area contributed by atoms with Crippen LogP contribution in [-0.2, 0) is 0 Å². The first-order chi connectivity index (χ1) is 12.3. The van der Waals surface area contributed by atoms with E-state index in [1.54, 1.807) is 0 Å². The van der Waals surface area contributed by atoms with Crippen LogP contribution in [0.3, 0.4) is 0 Å².